The third kappa shape index (κ3) is 1.72. The molecule has 0 amide bonds. The molecule has 0 unspecified atom stereocenters. The van der Waals surface area contributed by atoms with E-state index in [0.717, 1.165) is 5.90 Å². The molecule has 0 heterocycles. The van der Waals surface area contributed by atoms with Crippen molar-refractivity contribution in [3.63, 3.8) is 0 Å². The van der Waals surface area contributed by atoms with Gasteiger partial charge in [-0.3, -0.25) is 0 Å². The lowest BCUT2D eigenvalue weighted by Gasteiger charge is -2.04. The van der Waals surface area contributed by atoms with Crippen LogP contribution < -0.4 is 5.41 Å². The van der Waals surface area contributed by atoms with Gasteiger partial charge in [0, 0.05) is 0 Å². The van der Waals surface area contributed by atoms with E-state index >= 15 is 0 Å². The topological polar surface area (TPSA) is 34.8 Å². The van der Waals surface area contributed by atoms with Crippen molar-refractivity contribution in [1.82, 2.24) is 0 Å². The molecule has 1 fully saturated rings. The van der Waals surface area contributed by atoms with Gasteiger partial charge in [0.05, 0.1) is 12.5 Å². The molecule has 1 aliphatic rings. The van der Waals surface area contributed by atoms with Gasteiger partial charge in [-0.05, 0) is 19.8 Å². The maximum absolute atomic E-state index is 5.68. The first-order valence-corrected chi connectivity index (χ1v) is 4.09. The molecule has 0 radical (unpaired) electrons. The summed E-state index contributed by atoms with van der Waals surface area (Å²) in [5.41, 5.74) is 0. The van der Waals surface area contributed by atoms with E-state index in [-0.39, 0.29) is 0 Å². The monoisotopic (exact) mass is 142 g/mol. The Morgan fingerprint density at radius 2 is 2.10 bits per heavy atom. The molecule has 0 aliphatic heterocycles. The van der Waals surface area contributed by atoms with Crippen molar-refractivity contribution in [2.24, 2.45) is 5.92 Å². The highest BCUT2D eigenvalue weighted by Crippen LogP contribution is 2.24. The zero-order valence-corrected chi connectivity index (χ0v) is 6.60. The Morgan fingerprint density at radius 3 is 2.60 bits per heavy atom. The summed E-state index contributed by atoms with van der Waals surface area (Å²) in [6.45, 7) is 2.68. The molecular formula is C8H16NO+. The van der Waals surface area contributed by atoms with Crippen molar-refractivity contribution < 1.29 is 10.1 Å². The standard InChI is InChI=1S/C8H15NO/c1-2-10-8(9)7-5-3-4-6-7/h7,9H,2-6H2,1H3/p+1. The molecule has 0 aromatic heterocycles. The lowest BCUT2D eigenvalue weighted by atomic mass is 10.1. The second kappa shape index (κ2) is 3.59. The molecule has 0 atom stereocenters. The van der Waals surface area contributed by atoms with E-state index < -0.39 is 0 Å². The second-order valence-corrected chi connectivity index (χ2v) is 2.82. The van der Waals surface area contributed by atoms with Crippen LogP contribution in [0.5, 0.6) is 0 Å². The molecule has 0 bridgehead atoms. The van der Waals surface area contributed by atoms with Gasteiger partial charge in [-0.1, -0.05) is 12.8 Å². The van der Waals surface area contributed by atoms with Crippen LogP contribution in [0.2, 0.25) is 0 Å². The van der Waals surface area contributed by atoms with Crippen LogP contribution in [0.1, 0.15) is 32.6 Å². The minimum atomic E-state index is 0.556. The van der Waals surface area contributed by atoms with Gasteiger partial charge in [0.1, 0.15) is 0 Å². The number of hydrogen-bond donors (Lipinski definition) is 1. The van der Waals surface area contributed by atoms with Crippen LogP contribution in [0, 0.1) is 5.92 Å². The van der Waals surface area contributed by atoms with Crippen LogP contribution >= 0.6 is 0 Å². The fourth-order valence-electron chi connectivity index (χ4n) is 1.49. The Kier molecular flexibility index (Phi) is 2.72. The summed E-state index contributed by atoms with van der Waals surface area (Å²) in [5, 5.41) is 5.68. The summed E-state index contributed by atoms with van der Waals surface area (Å²) in [7, 11) is 0. The summed E-state index contributed by atoms with van der Waals surface area (Å²) in [4.78, 5) is 0. The minimum absolute atomic E-state index is 0.556. The van der Waals surface area contributed by atoms with Crippen molar-refractivity contribution in [2.45, 2.75) is 32.6 Å². The summed E-state index contributed by atoms with van der Waals surface area (Å²) >= 11 is 0. The van der Waals surface area contributed by atoms with Crippen LogP contribution in [0.15, 0.2) is 0 Å². The fourth-order valence-corrected chi connectivity index (χ4v) is 1.49. The Labute approximate surface area is 62.1 Å². The molecule has 58 valence electrons. The number of nitrogens with two attached hydrogens (primary N) is 1. The molecule has 2 nitrogen and oxygen atoms in total. The van der Waals surface area contributed by atoms with E-state index in [1.807, 2.05) is 6.92 Å². The van der Waals surface area contributed by atoms with Gasteiger partial charge in [0.15, 0.2) is 0 Å². The average Bonchev–Trinajstić information content (AvgIpc) is 2.38. The van der Waals surface area contributed by atoms with Crippen LogP contribution in [0.3, 0.4) is 0 Å². The van der Waals surface area contributed by atoms with Crippen molar-refractivity contribution in [2.75, 3.05) is 6.61 Å². The average molecular weight is 142 g/mol. The number of rotatable bonds is 2. The highest BCUT2D eigenvalue weighted by Gasteiger charge is 2.24. The molecule has 1 saturated carbocycles. The molecule has 2 heteroatoms. The van der Waals surface area contributed by atoms with Gasteiger partial charge in [0.2, 0.25) is 0 Å². The van der Waals surface area contributed by atoms with Crippen molar-refractivity contribution >= 4 is 5.90 Å². The van der Waals surface area contributed by atoms with E-state index in [9.17, 15) is 0 Å². The third-order valence-electron chi connectivity index (χ3n) is 2.07. The van der Waals surface area contributed by atoms with Crippen LogP contribution in [0.25, 0.3) is 0 Å². The highest BCUT2D eigenvalue weighted by atomic mass is 16.5. The normalized spacial score (nSPS) is 19.3. The predicted molar refractivity (Wildman–Crippen MR) is 40.5 cm³/mol. The third-order valence-corrected chi connectivity index (χ3v) is 2.07. The van der Waals surface area contributed by atoms with Crippen molar-refractivity contribution in [1.29, 1.82) is 0 Å². The Morgan fingerprint density at radius 1 is 1.50 bits per heavy atom. The Hall–Kier alpha value is -0.530. The van der Waals surface area contributed by atoms with Gasteiger partial charge in [-0.15, -0.1) is 0 Å². The van der Waals surface area contributed by atoms with Crippen LogP contribution in [-0.2, 0) is 4.74 Å². The van der Waals surface area contributed by atoms with E-state index in [1.165, 1.54) is 25.7 Å². The van der Waals surface area contributed by atoms with Gasteiger partial charge in [-0.25, -0.2) is 5.41 Å². The largest absolute Gasteiger partial charge is 0.448 e. The lowest BCUT2D eigenvalue weighted by Crippen LogP contribution is -2.45. The Bertz CT molecular complexity index is 116. The summed E-state index contributed by atoms with van der Waals surface area (Å²) in [6.07, 6.45) is 5.09. The SMILES string of the molecule is CCOC(=[NH2+])C1CCCC1. The molecule has 0 aromatic rings. The first kappa shape index (κ1) is 7.58. The van der Waals surface area contributed by atoms with E-state index in [4.69, 9.17) is 10.1 Å². The van der Waals surface area contributed by atoms with Gasteiger partial charge < -0.3 is 4.74 Å². The number of ether oxygens (including phenoxy) is 1. The molecule has 0 aromatic carbocycles. The summed E-state index contributed by atoms with van der Waals surface area (Å²) in [6, 6.07) is 0. The number of hydrogen-bond acceptors (Lipinski definition) is 1. The molecular weight excluding hydrogens is 126 g/mol. The van der Waals surface area contributed by atoms with E-state index in [1.54, 1.807) is 0 Å². The summed E-state index contributed by atoms with van der Waals surface area (Å²) in [5.74, 6) is 1.32. The summed E-state index contributed by atoms with van der Waals surface area (Å²) < 4.78 is 5.22. The quantitative estimate of drug-likeness (QED) is 0.439. The van der Waals surface area contributed by atoms with Gasteiger partial charge >= 0.3 is 5.90 Å². The van der Waals surface area contributed by atoms with Crippen LogP contribution in [0.4, 0.5) is 0 Å². The first-order chi connectivity index (χ1) is 4.84. The van der Waals surface area contributed by atoms with Gasteiger partial charge in [0.25, 0.3) is 0 Å². The second-order valence-electron chi connectivity index (χ2n) is 2.82. The Balaban J connectivity index is 2.25. The predicted octanol–water partition coefficient (Wildman–Crippen LogP) is 0.371. The molecule has 1 rings (SSSR count). The first-order valence-electron chi connectivity index (χ1n) is 4.09. The van der Waals surface area contributed by atoms with Crippen molar-refractivity contribution in [3.8, 4) is 0 Å². The molecule has 0 saturated heterocycles. The molecule has 2 N–H and O–H groups in total. The minimum Gasteiger partial charge on any atom is -0.448 e. The highest BCUT2D eigenvalue weighted by molar-refractivity contribution is 5.72. The smallest absolute Gasteiger partial charge is 0.336 e. The van der Waals surface area contributed by atoms with E-state index in [2.05, 4.69) is 0 Å². The molecule has 10 heavy (non-hydrogen) atoms. The fraction of sp³-hybridized carbons (Fsp3) is 0.875. The lowest BCUT2D eigenvalue weighted by molar-refractivity contribution is -0.147. The van der Waals surface area contributed by atoms with Crippen LogP contribution in [-0.4, -0.2) is 12.5 Å². The van der Waals surface area contributed by atoms with Crippen molar-refractivity contribution in [3.05, 3.63) is 0 Å². The maximum atomic E-state index is 5.68. The zero-order valence-electron chi connectivity index (χ0n) is 6.60. The van der Waals surface area contributed by atoms with Gasteiger partial charge in [-0.2, -0.15) is 0 Å². The zero-order chi connectivity index (χ0) is 7.40. The maximum Gasteiger partial charge on any atom is 0.336 e. The molecule has 0 spiro atoms. The van der Waals surface area contributed by atoms with E-state index in [0.29, 0.717) is 12.5 Å². The molecule has 1 aliphatic carbocycles.